The van der Waals surface area contributed by atoms with Crippen LogP contribution in [0.25, 0.3) is 0 Å². The van der Waals surface area contributed by atoms with Crippen molar-refractivity contribution in [2.24, 2.45) is 5.92 Å². The maximum absolute atomic E-state index is 12.1. The first-order valence-electron chi connectivity index (χ1n) is 9.48. The van der Waals surface area contributed by atoms with Gasteiger partial charge in [-0.25, -0.2) is 4.79 Å². The van der Waals surface area contributed by atoms with E-state index in [4.69, 9.17) is 9.47 Å². The summed E-state index contributed by atoms with van der Waals surface area (Å²) in [5.41, 5.74) is 1.24. The molecule has 0 radical (unpaired) electrons. The maximum atomic E-state index is 12.1. The number of likely N-dealkylation sites (tertiary alicyclic amines) is 1. The Morgan fingerprint density at radius 1 is 1.24 bits per heavy atom. The molecule has 5 heteroatoms. The van der Waals surface area contributed by atoms with Crippen molar-refractivity contribution in [3.8, 4) is 0 Å². The predicted octanol–water partition coefficient (Wildman–Crippen LogP) is 3.36. The van der Waals surface area contributed by atoms with Gasteiger partial charge in [0.1, 0.15) is 0 Å². The van der Waals surface area contributed by atoms with Gasteiger partial charge in [0.25, 0.3) is 0 Å². The summed E-state index contributed by atoms with van der Waals surface area (Å²) >= 11 is 0. The van der Waals surface area contributed by atoms with Gasteiger partial charge in [-0.1, -0.05) is 44.2 Å². The SMILES string of the molecule is CC(C)COC(=O)N1CCC(N[C@H]2CCO[C@@H]2c2ccccc2)CC1. The summed E-state index contributed by atoms with van der Waals surface area (Å²) in [6, 6.07) is 11.2. The molecular weight excluding hydrogens is 316 g/mol. The molecule has 2 atom stereocenters. The summed E-state index contributed by atoms with van der Waals surface area (Å²) in [6.45, 7) is 6.93. The second-order valence-electron chi connectivity index (χ2n) is 7.50. The quantitative estimate of drug-likeness (QED) is 0.888. The Balaban J connectivity index is 1.46. The topological polar surface area (TPSA) is 50.8 Å². The number of hydrogen-bond acceptors (Lipinski definition) is 4. The zero-order valence-corrected chi connectivity index (χ0v) is 15.3. The molecule has 1 amide bonds. The third kappa shape index (κ3) is 4.95. The Morgan fingerprint density at radius 2 is 1.96 bits per heavy atom. The second-order valence-corrected chi connectivity index (χ2v) is 7.50. The number of amides is 1. The summed E-state index contributed by atoms with van der Waals surface area (Å²) in [5, 5.41) is 3.77. The molecule has 5 nitrogen and oxygen atoms in total. The normalized spacial score (nSPS) is 24.7. The number of rotatable bonds is 5. The van der Waals surface area contributed by atoms with Gasteiger partial charge in [-0.2, -0.15) is 0 Å². The fourth-order valence-electron chi connectivity index (χ4n) is 3.59. The van der Waals surface area contributed by atoms with Crippen LogP contribution in [-0.4, -0.2) is 49.4 Å². The Hall–Kier alpha value is -1.59. The van der Waals surface area contributed by atoms with Crippen molar-refractivity contribution in [2.45, 2.75) is 51.3 Å². The molecule has 25 heavy (non-hydrogen) atoms. The number of hydrogen-bond donors (Lipinski definition) is 1. The maximum Gasteiger partial charge on any atom is 0.409 e. The first-order chi connectivity index (χ1) is 12.1. The molecular formula is C20H30N2O3. The van der Waals surface area contributed by atoms with Crippen molar-refractivity contribution in [3.05, 3.63) is 35.9 Å². The highest BCUT2D eigenvalue weighted by Crippen LogP contribution is 2.30. The summed E-state index contributed by atoms with van der Waals surface area (Å²) in [7, 11) is 0. The zero-order chi connectivity index (χ0) is 17.6. The Morgan fingerprint density at radius 3 is 2.64 bits per heavy atom. The number of carbonyl (C=O) groups is 1. The molecule has 0 aliphatic carbocycles. The van der Waals surface area contributed by atoms with Gasteiger partial charge in [-0.3, -0.25) is 0 Å². The molecule has 2 heterocycles. The lowest BCUT2D eigenvalue weighted by atomic mass is 9.98. The van der Waals surface area contributed by atoms with Crippen molar-refractivity contribution in [1.82, 2.24) is 10.2 Å². The monoisotopic (exact) mass is 346 g/mol. The van der Waals surface area contributed by atoms with Gasteiger partial charge in [0, 0.05) is 31.8 Å². The van der Waals surface area contributed by atoms with E-state index >= 15 is 0 Å². The van der Waals surface area contributed by atoms with E-state index in [1.807, 2.05) is 11.0 Å². The molecule has 0 saturated carbocycles. The minimum absolute atomic E-state index is 0.134. The molecule has 2 aliphatic rings. The highest BCUT2D eigenvalue weighted by Gasteiger charge is 2.32. The van der Waals surface area contributed by atoms with Crippen LogP contribution in [0.5, 0.6) is 0 Å². The number of carbonyl (C=O) groups excluding carboxylic acids is 1. The average Bonchev–Trinajstić information content (AvgIpc) is 3.09. The van der Waals surface area contributed by atoms with Crippen LogP contribution in [0, 0.1) is 5.92 Å². The lowest BCUT2D eigenvalue weighted by Crippen LogP contribution is -2.48. The molecule has 138 valence electrons. The number of nitrogens with one attached hydrogen (secondary N) is 1. The highest BCUT2D eigenvalue weighted by molar-refractivity contribution is 5.67. The van der Waals surface area contributed by atoms with Gasteiger partial charge >= 0.3 is 6.09 Å². The molecule has 0 unspecified atom stereocenters. The van der Waals surface area contributed by atoms with Gasteiger partial charge in [-0.15, -0.1) is 0 Å². The minimum Gasteiger partial charge on any atom is -0.449 e. The fourth-order valence-corrected chi connectivity index (χ4v) is 3.59. The van der Waals surface area contributed by atoms with Crippen molar-refractivity contribution in [3.63, 3.8) is 0 Å². The van der Waals surface area contributed by atoms with Crippen LogP contribution >= 0.6 is 0 Å². The van der Waals surface area contributed by atoms with Crippen LogP contribution in [0.15, 0.2) is 30.3 Å². The number of piperidine rings is 1. The Labute approximate surface area is 150 Å². The van der Waals surface area contributed by atoms with E-state index in [1.54, 1.807) is 0 Å². The van der Waals surface area contributed by atoms with Crippen LogP contribution in [0.4, 0.5) is 4.79 Å². The van der Waals surface area contributed by atoms with Crippen molar-refractivity contribution in [2.75, 3.05) is 26.3 Å². The summed E-state index contributed by atoms with van der Waals surface area (Å²) in [4.78, 5) is 13.9. The molecule has 2 fully saturated rings. The Kier molecular flexibility index (Phi) is 6.32. The molecule has 3 rings (SSSR count). The van der Waals surface area contributed by atoms with E-state index in [2.05, 4.69) is 43.4 Å². The van der Waals surface area contributed by atoms with E-state index < -0.39 is 0 Å². The van der Waals surface area contributed by atoms with E-state index in [1.165, 1.54) is 5.56 Å². The molecule has 1 N–H and O–H groups in total. The molecule has 2 saturated heterocycles. The van der Waals surface area contributed by atoms with Gasteiger partial charge < -0.3 is 19.7 Å². The number of ether oxygens (including phenoxy) is 2. The summed E-state index contributed by atoms with van der Waals surface area (Å²) < 4.78 is 11.3. The highest BCUT2D eigenvalue weighted by atomic mass is 16.6. The predicted molar refractivity (Wildman–Crippen MR) is 97.5 cm³/mol. The molecule has 2 aliphatic heterocycles. The van der Waals surface area contributed by atoms with Gasteiger partial charge in [0.15, 0.2) is 0 Å². The van der Waals surface area contributed by atoms with Crippen molar-refractivity contribution in [1.29, 1.82) is 0 Å². The fraction of sp³-hybridized carbons (Fsp3) is 0.650. The molecule has 0 bridgehead atoms. The molecule has 0 spiro atoms. The van der Waals surface area contributed by atoms with Gasteiger partial charge in [0.05, 0.1) is 12.7 Å². The van der Waals surface area contributed by atoms with E-state index in [0.29, 0.717) is 24.6 Å². The third-order valence-corrected chi connectivity index (χ3v) is 4.96. The Bertz CT molecular complexity index is 541. The number of benzene rings is 1. The van der Waals surface area contributed by atoms with E-state index in [0.717, 1.165) is 39.0 Å². The minimum atomic E-state index is -0.168. The molecule has 1 aromatic rings. The van der Waals surface area contributed by atoms with Gasteiger partial charge in [-0.05, 0) is 30.7 Å². The first-order valence-corrected chi connectivity index (χ1v) is 9.48. The average molecular weight is 346 g/mol. The summed E-state index contributed by atoms with van der Waals surface area (Å²) in [5.74, 6) is 0.375. The van der Waals surface area contributed by atoms with Crippen LogP contribution in [0.1, 0.15) is 44.8 Å². The van der Waals surface area contributed by atoms with Crippen LogP contribution in [0.2, 0.25) is 0 Å². The van der Waals surface area contributed by atoms with E-state index in [9.17, 15) is 4.79 Å². The second kappa shape index (κ2) is 8.68. The van der Waals surface area contributed by atoms with Crippen molar-refractivity contribution < 1.29 is 14.3 Å². The molecule has 0 aromatic heterocycles. The zero-order valence-electron chi connectivity index (χ0n) is 15.3. The van der Waals surface area contributed by atoms with Crippen LogP contribution < -0.4 is 5.32 Å². The van der Waals surface area contributed by atoms with Crippen LogP contribution in [0.3, 0.4) is 0 Å². The first kappa shape index (κ1) is 18.2. The lowest BCUT2D eigenvalue weighted by molar-refractivity contribution is 0.0756. The smallest absolute Gasteiger partial charge is 0.409 e. The van der Waals surface area contributed by atoms with Crippen LogP contribution in [-0.2, 0) is 9.47 Å². The van der Waals surface area contributed by atoms with Crippen molar-refractivity contribution >= 4 is 6.09 Å². The standard InChI is InChI=1S/C20H30N2O3/c1-15(2)14-25-20(23)22-11-8-17(9-12-22)21-18-10-13-24-19(18)16-6-4-3-5-7-16/h3-7,15,17-19,21H,8-14H2,1-2H3/t18-,19+/m0/s1. The van der Waals surface area contributed by atoms with Gasteiger partial charge in [0.2, 0.25) is 0 Å². The number of nitrogens with zero attached hydrogens (tertiary/aromatic N) is 1. The summed E-state index contributed by atoms with van der Waals surface area (Å²) in [6.07, 6.45) is 2.94. The lowest BCUT2D eigenvalue weighted by Gasteiger charge is -2.34. The third-order valence-electron chi connectivity index (χ3n) is 4.96. The molecule has 1 aromatic carbocycles. The largest absolute Gasteiger partial charge is 0.449 e. The van der Waals surface area contributed by atoms with E-state index in [-0.39, 0.29) is 12.2 Å².